The lowest BCUT2D eigenvalue weighted by molar-refractivity contribution is -0.134. The molecule has 2 fully saturated rings. The topological polar surface area (TPSA) is 110 Å². The molecule has 9 heteroatoms. The number of amides is 2. The summed E-state index contributed by atoms with van der Waals surface area (Å²) in [5.74, 6) is 0.504. The van der Waals surface area contributed by atoms with Gasteiger partial charge < -0.3 is 14.7 Å². The third-order valence-electron chi connectivity index (χ3n) is 5.51. The summed E-state index contributed by atoms with van der Waals surface area (Å²) in [6, 6.07) is 1.65. The summed E-state index contributed by atoms with van der Waals surface area (Å²) in [4.78, 5) is 26.3. The van der Waals surface area contributed by atoms with E-state index in [2.05, 4.69) is 10.5 Å². The summed E-state index contributed by atoms with van der Waals surface area (Å²) < 4.78 is 29.5. The van der Waals surface area contributed by atoms with Crippen LogP contribution in [0, 0.1) is 12.8 Å². The molecule has 2 amide bonds. The summed E-state index contributed by atoms with van der Waals surface area (Å²) in [7, 11) is -3.18. The predicted octanol–water partition coefficient (Wildman–Crippen LogP) is 1.91. The van der Waals surface area contributed by atoms with Crippen molar-refractivity contribution in [3.63, 3.8) is 0 Å². The van der Waals surface area contributed by atoms with Crippen LogP contribution in [-0.2, 0) is 19.4 Å². The minimum Gasteiger partial charge on any atom is -0.360 e. The van der Waals surface area contributed by atoms with Crippen molar-refractivity contribution in [1.82, 2.24) is 10.1 Å². The molecule has 1 aromatic heterocycles. The van der Waals surface area contributed by atoms with Crippen molar-refractivity contribution in [3.05, 3.63) is 11.8 Å². The molecule has 1 saturated heterocycles. The Kier molecular flexibility index (Phi) is 6.18. The Hall–Kier alpha value is -1.90. The first-order valence-electron chi connectivity index (χ1n) is 9.58. The smallest absolute Gasteiger partial charge is 0.228 e. The van der Waals surface area contributed by atoms with Gasteiger partial charge in [-0.05, 0) is 32.6 Å². The standard InChI is InChI=1S/C18H27N3O5S/c1-13-12-16(20-26-13)19-18(23)14-6-9-21(10-7-14)17(22)8-11-27(24,25)15-4-2-3-5-15/h12,14-15H,2-11H2,1H3,(H,19,20,23). The second kappa shape index (κ2) is 8.41. The highest BCUT2D eigenvalue weighted by atomic mass is 32.2. The maximum atomic E-state index is 12.4. The second-order valence-corrected chi connectivity index (χ2v) is 9.89. The number of hydrogen-bond acceptors (Lipinski definition) is 6. The molecule has 0 radical (unpaired) electrons. The highest BCUT2D eigenvalue weighted by Crippen LogP contribution is 2.26. The maximum absolute atomic E-state index is 12.4. The van der Waals surface area contributed by atoms with Gasteiger partial charge >= 0.3 is 0 Å². The van der Waals surface area contributed by atoms with Crippen LogP contribution in [0.2, 0.25) is 0 Å². The number of carbonyl (C=O) groups excluding carboxylic acids is 2. The fraction of sp³-hybridized carbons (Fsp3) is 0.722. The molecule has 1 saturated carbocycles. The van der Waals surface area contributed by atoms with E-state index in [1.54, 1.807) is 17.9 Å². The summed E-state index contributed by atoms with van der Waals surface area (Å²) in [6.45, 7) is 2.69. The normalized spacial score (nSPS) is 19.4. The van der Waals surface area contributed by atoms with Crippen molar-refractivity contribution in [2.24, 2.45) is 5.92 Å². The number of sulfone groups is 1. The summed E-state index contributed by atoms with van der Waals surface area (Å²) in [5.41, 5.74) is 0. The van der Waals surface area contributed by atoms with Gasteiger partial charge in [0.2, 0.25) is 11.8 Å². The Morgan fingerprint density at radius 1 is 1.22 bits per heavy atom. The predicted molar refractivity (Wildman–Crippen MR) is 99.8 cm³/mol. The molecule has 1 aliphatic heterocycles. The summed E-state index contributed by atoms with van der Waals surface area (Å²) in [6.07, 6.45) is 4.52. The third kappa shape index (κ3) is 5.09. The molecule has 1 aliphatic carbocycles. The lowest BCUT2D eigenvalue weighted by Crippen LogP contribution is -2.42. The Balaban J connectivity index is 1.43. The zero-order valence-corrected chi connectivity index (χ0v) is 16.5. The van der Waals surface area contributed by atoms with Gasteiger partial charge in [0.05, 0.1) is 11.0 Å². The van der Waals surface area contributed by atoms with Crippen LogP contribution in [0.4, 0.5) is 5.82 Å². The van der Waals surface area contributed by atoms with Gasteiger partial charge in [0.25, 0.3) is 0 Å². The summed E-state index contributed by atoms with van der Waals surface area (Å²) >= 11 is 0. The molecule has 8 nitrogen and oxygen atoms in total. The van der Waals surface area contributed by atoms with Crippen LogP contribution in [0.1, 0.15) is 50.7 Å². The molecular weight excluding hydrogens is 370 g/mol. The highest BCUT2D eigenvalue weighted by Gasteiger charge is 2.31. The number of likely N-dealkylation sites (tertiary alicyclic amines) is 1. The van der Waals surface area contributed by atoms with Gasteiger partial charge in [0, 0.05) is 31.5 Å². The molecule has 3 rings (SSSR count). The molecular formula is C18H27N3O5S. The lowest BCUT2D eigenvalue weighted by atomic mass is 9.95. The number of nitrogens with zero attached hydrogens (tertiary/aromatic N) is 2. The van der Waals surface area contributed by atoms with Gasteiger partial charge in [-0.25, -0.2) is 8.42 Å². The first kappa shape index (κ1) is 19.9. The molecule has 0 bridgehead atoms. The number of piperidine rings is 1. The maximum Gasteiger partial charge on any atom is 0.228 e. The van der Waals surface area contributed by atoms with Gasteiger partial charge in [-0.15, -0.1) is 0 Å². The number of carbonyl (C=O) groups is 2. The van der Waals surface area contributed by atoms with E-state index in [1.165, 1.54) is 0 Å². The van der Waals surface area contributed by atoms with E-state index >= 15 is 0 Å². The van der Waals surface area contributed by atoms with Crippen LogP contribution in [0.3, 0.4) is 0 Å². The van der Waals surface area contributed by atoms with E-state index in [-0.39, 0.29) is 35.2 Å². The molecule has 1 aromatic rings. The minimum atomic E-state index is -3.18. The fourth-order valence-corrected chi connectivity index (χ4v) is 5.69. The Morgan fingerprint density at radius 3 is 2.48 bits per heavy atom. The number of nitrogens with one attached hydrogen (secondary N) is 1. The van der Waals surface area contributed by atoms with Crippen LogP contribution in [0.5, 0.6) is 0 Å². The number of hydrogen-bond donors (Lipinski definition) is 1. The van der Waals surface area contributed by atoms with Crippen LogP contribution in [-0.4, -0.2) is 54.4 Å². The first-order chi connectivity index (χ1) is 12.8. The van der Waals surface area contributed by atoms with Gasteiger partial charge in [-0.3, -0.25) is 9.59 Å². The van der Waals surface area contributed by atoms with E-state index in [0.29, 0.717) is 37.5 Å². The van der Waals surface area contributed by atoms with Crippen LogP contribution >= 0.6 is 0 Å². The number of anilines is 1. The molecule has 27 heavy (non-hydrogen) atoms. The van der Waals surface area contributed by atoms with E-state index in [1.807, 2.05) is 0 Å². The molecule has 0 aromatic carbocycles. The Bertz CT molecular complexity index is 775. The van der Waals surface area contributed by atoms with E-state index in [9.17, 15) is 18.0 Å². The van der Waals surface area contributed by atoms with E-state index in [0.717, 1.165) is 25.7 Å². The quantitative estimate of drug-likeness (QED) is 0.785. The van der Waals surface area contributed by atoms with Gasteiger partial charge in [0.15, 0.2) is 15.7 Å². The monoisotopic (exact) mass is 397 g/mol. The van der Waals surface area contributed by atoms with E-state index in [4.69, 9.17) is 4.52 Å². The SMILES string of the molecule is Cc1cc(NC(=O)C2CCN(C(=O)CCS(=O)(=O)C3CCCC3)CC2)no1. The molecule has 2 heterocycles. The van der Waals surface area contributed by atoms with Gasteiger partial charge in [-0.1, -0.05) is 18.0 Å². The largest absolute Gasteiger partial charge is 0.360 e. The zero-order valence-electron chi connectivity index (χ0n) is 15.6. The molecule has 150 valence electrons. The molecule has 0 spiro atoms. The van der Waals surface area contributed by atoms with Crippen molar-refractivity contribution in [1.29, 1.82) is 0 Å². The molecule has 0 unspecified atom stereocenters. The number of rotatable bonds is 6. The van der Waals surface area contributed by atoms with Crippen molar-refractivity contribution in [2.45, 2.75) is 57.1 Å². The van der Waals surface area contributed by atoms with Crippen molar-refractivity contribution < 1.29 is 22.5 Å². The molecule has 1 N–H and O–H groups in total. The zero-order chi connectivity index (χ0) is 19.4. The van der Waals surface area contributed by atoms with Crippen LogP contribution < -0.4 is 5.32 Å². The third-order valence-corrected chi connectivity index (χ3v) is 7.77. The van der Waals surface area contributed by atoms with Crippen molar-refractivity contribution in [3.8, 4) is 0 Å². The highest BCUT2D eigenvalue weighted by molar-refractivity contribution is 7.92. The Morgan fingerprint density at radius 2 is 1.89 bits per heavy atom. The van der Waals surface area contributed by atoms with Crippen molar-refractivity contribution >= 4 is 27.5 Å². The average Bonchev–Trinajstić information content (AvgIpc) is 3.32. The van der Waals surface area contributed by atoms with E-state index < -0.39 is 9.84 Å². The molecule has 2 aliphatic rings. The number of aryl methyl sites for hydroxylation is 1. The van der Waals surface area contributed by atoms with Gasteiger partial charge in [0.1, 0.15) is 5.76 Å². The van der Waals surface area contributed by atoms with Crippen LogP contribution in [0.15, 0.2) is 10.6 Å². The van der Waals surface area contributed by atoms with Crippen molar-refractivity contribution in [2.75, 3.05) is 24.2 Å². The fourth-order valence-electron chi connectivity index (χ4n) is 3.85. The molecule has 0 atom stereocenters. The van der Waals surface area contributed by atoms with Crippen LogP contribution in [0.25, 0.3) is 0 Å². The minimum absolute atomic E-state index is 0.0356. The number of aromatic nitrogens is 1. The Labute approximate surface area is 159 Å². The summed E-state index contributed by atoms with van der Waals surface area (Å²) in [5, 5.41) is 6.21. The lowest BCUT2D eigenvalue weighted by Gasteiger charge is -2.31. The average molecular weight is 397 g/mol. The van der Waals surface area contributed by atoms with Gasteiger partial charge in [-0.2, -0.15) is 0 Å². The second-order valence-electron chi connectivity index (χ2n) is 7.49. The first-order valence-corrected chi connectivity index (χ1v) is 11.3.